The highest BCUT2D eigenvalue weighted by Gasteiger charge is 2.27. The SMILES string of the molecule is CC[C@@H]1CCCC[C@H]1NC(=O)N(C)CC1CCCC1. The van der Waals surface area contributed by atoms with E-state index in [-0.39, 0.29) is 6.03 Å². The standard InChI is InChI=1S/C16H30N2O/c1-3-14-10-6-7-11-15(14)17-16(19)18(2)12-13-8-4-5-9-13/h13-15H,3-12H2,1-2H3,(H,17,19)/t14-,15-/m1/s1. The van der Waals surface area contributed by atoms with Crippen LogP contribution in [0.3, 0.4) is 0 Å². The highest BCUT2D eigenvalue weighted by atomic mass is 16.2. The van der Waals surface area contributed by atoms with E-state index >= 15 is 0 Å². The molecule has 0 aromatic rings. The molecule has 2 amide bonds. The van der Waals surface area contributed by atoms with Crippen LogP contribution in [0.4, 0.5) is 4.79 Å². The maximum Gasteiger partial charge on any atom is 0.317 e. The molecule has 0 spiro atoms. The number of hydrogen-bond acceptors (Lipinski definition) is 1. The lowest BCUT2D eigenvalue weighted by molar-refractivity contribution is 0.181. The minimum Gasteiger partial charge on any atom is -0.335 e. The van der Waals surface area contributed by atoms with Gasteiger partial charge in [-0.1, -0.05) is 39.0 Å². The number of nitrogens with one attached hydrogen (secondary N) is 1. The van der Waals surface area contributed by atoms with Crippen molar-refractivity contribution < 1.29 is 4.79 Å². The molecule has 0 bridgehead atoms. The molecule has 2 rings (SSSR count). The first-order valence-electron chi connectivity index (χ1n) is 8.22. The van der Waals surface area contributed by atoms with Crippen molar-refractivity contribution in [3.63, 3.8) is 0 Å². The van der Waals surface area contributed by atoms with Gasteiger partial charge in [0.1, 0.15) is 0 Å². The zero-order valence-electron chi connectivity index (χ0n) is 12.7. The van der Waals surface area contributed by atoms with Gasteiger partial charge in [0.05, 0.1) is 0 Å². The summed E-state index contributed by atoms with van der Waals surface area (Å²) < 4.78 is 0. The number of nitrogens with zero attached hydrogens (tertiary/aromatic N) is 1. The van der Waals surface area contributed by atoms with Gasteiger partial charge in [-0.2, -0.15) is 0 Å². The predicted molar refractivity (Wildman–Crippen MR) is 79.2 cm³/mol. The Kier molecular flexibility index (Phi) is 5.53. The van der Waals surface area contributed by atoms with E-state index in [4.69, 9.17) is 0 Å². The Balaban J connectivity index is 1.78. The lowest BCUT2D eigenvalue weighted by Gasteiger charge is -2.33. The number of hydrogen-bond donors (Lipinski definition) is 1. The number of amides is 2. The van der Waals surface area contributed by atoms with Crippen LogP contribution in [0.5, 0.6) is 0 Å². The normalized spacial score (nSPS) is 28.3. The van der Waals surface area contributed by atoms with Gasteiger partial charge < -0.3 is 10.2 Å². The molecule has 0 aliphatic heterocycles. The van der Waals surface area contributed by atoms with Crippen molar-refractivity contribution in [3.8, 4) is 0 Å². The van der Waals surface area contributed by atoms with E-state index in [0.29, 0.717) is 12.0 Å². The molecule has 19 heavy (non-hydrogen) atoms. The van der Waals surface area contributed by atoms with Crippen LogP contribution in [0.2, 0.25) is 0 Å². The molecule has 0 aromatic heterocycles. The van der Waals surface area contributed by atoms with Crippen LogP contribution in [-0.2, 0) is 0 Å². The monoisotopic (exact) mass is 266 g/mol. The molecule has 0 unspecified atom stereocenters. The van der Waals surface area contributed by atoms with E-state index in [1.54, 1.807) is 0 Å². The summed E-state index contributed by atoms with van der Waals surface area (Å²) in [4.78, 5) is 14.2. The number of urea groups is 1. The van der Waals surface area contributed by atoms with Crippen molar-refractivity contribution in [3.05, 3.63) is 0 Å². The molecule has 3 nitrogen and oxygen atoms in total. The molecule has 2 atom stereocenters. The van der Waals surface area contributed by atoms with E-state index in [1.165, 1.54) is 57.8 Å². The van der Waals surface area contributed by atoms with E-state index in [1.807, 2.05) is 11.9 Å². The average molecular weight is 266 g/mol. The third kappa shape index (κ3) is 4.12. The summed E-state index contributed by atoms with van der Waals surface area (Å²) in [6.07, 6.45) is 11.6. The van der Waals surface area contributed by atoms with E-state index in [2.05, 4.69) is 12.2 Å². The minimum atomic E-state index is 0.150. The molecule has 0 saturated heterocycles. The summed E-state index contributed by atoms with van der Waals surface area (Å²) in [6, 6.07) is 0.564. The van der Waals surface area contributed by atoms with Crippen molar-refractivity contribution in [1.29, 1.82) is 0 Å². The Hall–Kier alpha value is -0.730. The summed E-state index contributed by atoms with van der Waals surface area (Å²) in [5, 5.41) is 3.28. The summed E-state index contributed by atoms with van der Waals surface area (Å²) in [5.74, 6) is 1.43. The fourth-order valence-corrected chi connectivity index (χ4v) is 3.82. The molecule has 0 radical (unpaired) electrons. The molecule has 2 aliphatic rings. The maximum absolute atomic E-state index is 12.3. The number of rotatable bonds is 4. The molecule has 2 saturated carbocycles. The molecule has 2 fully saturated rings. The molecular weight excluding hydrogens is 236 g/mol. The van der Waals surface area contributed by atoms with Crippen molar-refractivity contribution in [2.75, 3.05) is 13.6 Å². The minimum absolute atomic E-state index is 0.150. The Morgan fingerprint density at radius 1 is 1.11 bits per heavy atom. The van der Waals surface area contributed by atoms with Crippen molar-refractivity contribution in [2.24, 2.45) is 11.8 Å². The molecular formula is C16H30N2O. The first-order valence-corrected chi connectivity index (χ1v) is 8.22. The van der Waals surface area contributed by atoms with Crippen molar-refractivity contribution >= 4 is 6.03 Å². The average Bonchev–Trinajstić information content (AvgIpc) is 2.92. The highest BCUT2D eigenvalue weighted by molar-refractivity contribution is 5.74. The summed E-state index contributed by atoms with van der Waals surface area (Å²) in [7, 11) is 1.96. The van der Waals surface area contributed by atoms with Crippen LogP contribution < -0.4 is 5.32 Å². The zero-order valence-corrected chi connectivity index (χ0v) is 12.7. The predicted octanol–water partition coefficient (Wildman–Crippen LogP) is 3.79. The van der Waals surface area contributed by atoms with Crippen LogP contribution in [0, 0.1) is 11.8 Å². The Morgan fingerprint density at radius 2 is 1.74 bits per heavy atom. The molecule has 1 N–H and O–H groups in total. The molecule has 2 aliphatic carbocycles. The van der Waals surface area contributed by atoms with Gasteiger partial charge in [0, 0.05) is 19.6 Å². The summed E-state index contributed by atoms with van der Waals surface area (Å²) >= 11 is 0. The topological polar surface area (TPSA) is 32.3 Å². The van der Waals surface area contributed by atoms with Gasteiger partial charge in [-0.3, -0.25) is 0 Å². The van der Waals surface area contributed by atoms with Gasteiger partial charge in [-0.25, -0.2) is 4.79 Å². The van der Waals surface area contributed by atoms with E-state index in [9.17, 15) is 4.79 Å². The van der Waals surface area contributed by atoms with Crippen LogP contribution >= 0.6 is 0 Å². The second kappa shape index (κ2) is 7.16. The Labute approximate surface area is 118 Å². The van der Waals surface area contributed by atoms with Crippen LogP contribution in [0.15, 0.2) is 0 Å². The largest absolute Gasteiger partial charge is 0.335 e. The van der Waals surface area contributed by atoms with Gasteiger partial charge in [0.15, 0.2) is 0 Å². The second-order valence-electron chi connectivity index (χ2n) is 6.54. The van der Waals surface area contributed by atoms with Gasteiger partial charge in [0.25, 0.3) is 0 Å². The van der Waals surface area contributed by atoms with Crippen molar-refractivity contribution in [1.82, 2.24) is 10.2 Å². The highest BCUT2D eigenvalue weighted by Crippen LogP contribution is 2.27. The Morgan fingerprint density at radius 3 is 2.42 bits per heavy atom. The smallest absolute Gasteiger partial charge is 0.317 e. The third-order valence-electron chi connectivity index (χ3n) is 5.10. The summed E-state index contributed by atoms with van der Waals surface area (Å²) in [6.45, 7) is 3.19. The van der Waals surface area contributed by atoms with Crippen molar-refractivity contribution in [2.45, 2.75) is 70.8 Å². The molecule has 0 heterocycles. The lowest BCUT2D eigenvalue weighted by atomic mass is 9.83. The number of carbonyl (C=O) groups excluding carboxylic acids is 1. The molecule has 110 valence electrons. The van der Waals surface area contributed by atoms with E-state index in [0.717, 1.165) is 12.5 Å². The maximum atomic E-state index is 12.3. The summed E-state index contributed by atoms with van der Waals surface area (Å²) in [5.41, 5.74) is 0. The lowest BCUT2D eigenvalue weighted by Crippen LogP contribution is -2.48. The first kappa shape index (κ1) is 14.7. The van der Waals surface area contributed by atoms with Gasteiger partial charge in [-0.15, -0.1) is 0 Å². The van der Waals surface area contributed by atoms with E-state index < -0.39 is 0 Å². The quantitative estimate of drug-likeness (QED) is 0.825. The van der Waals surface area contributed by atoms with Gasteiger partial charge in [-0.05, 0) is 37.5 Å². The van der Waals surface area contributed by atoms with Gasteiger partial charge >= 0.3 is 6.03 Å². The van der Waals surface area contributed by atoms with Crippen LogP contribution in [-0.4, -0.2) is 30.6 Å². The third-order valence-corrected chi connectivity index (χ3v) is 5.10. The Bertz CT molecular complexity index is 286. The van der Waals surface area contributed by atoms with Crippen LogP contribution in [0.1, 0.15) is 64.7 Å². The second-order valence-corrected chi connectivity index (χ2v) is 6.54. The van der Waals surface area contributed by atoms with Crippen LogP contribution in [0.25, 0.3) is 0 Å². The number of carbonyl (C=O) groups is 1. The fraction of sp³-hybridized carbons (Fsp3) is 0.938. The fourth-order valence-electron chi connectivity index (χ4n) is 3.82. The van der Waals surface area contributed by atoms with Gasteiger partial charge in [0.2, 0.25) is 0 Å². The molecule has 3 heteroatoms. The first-order chi connectivity index (χ1) is 9.20. The molecule has 0 aromatic carbocycles. The zero-order chi connectivity index (χ0) is 13.7.